The van der Waals surface area contributed by atoms with E-state index >= 15 is 0 Å². The molecule has 2 aromatic rings. The van der Waals surface area contributed by atoms with Gasteiger partial charge in [0.2, 0.25) is 0 Å². The molecular formula is C13H16N4. The summed E-state index contributed by atoms with van der Waals surface area (Å²) < 4.78 is 0. The minimum Gasteiger partial charge on any atom is -0.311 e. The standard InChI is InChI=1S/C13H16N4/c14-13(12-6-2-4-9-16-12)17-10-7-11-5-1-3-8-15-11/h1-6,8-9,13,17H,7,10,14H2. The number of aromatic nitrogens is 2. The van der Waals surface area contributed by atoms with Crippen LogP contribution in [0.4, 0.5) is 0 Å². The van der Waals surface area contributed by atoms with Crippen LogP contribution in [0, 0.1) is 0 Å². The minimum atomic E-state index is -0.222. The zero-order chi connectivity index (χ0) is 11.9. The lowest BCUT2D eigenvalue weighted by atomic mass is 10.2. The van der Waals surface area contributed by atoms with Crippen LogP contribution in [0.1, 0.15) is 17.6 Å². The molecule has 0 saturated heterocycles. The maximum Gasteiger partial charge on any atom is 0.0985 e. The molecule has 0 saturated carbocycles. The first-order valence-corrected chi connectivity index (χ1v) is 5.66. The van der Waals surface area contributed by atoms with Crippen molar-refractivity contribution in [2.45, 2.75) is 12.6 Å². The van der Waals surface area contributed by atoms with Gasteiger partial charge in [0.25, 0.3) is 0 Å². The fraction of sp³-hybridized carbons (Fsp3) is 0.231. The molecule has 3 N–H and O–H groups in total. The van der Waals surface area contributed by atoms with Gasteiger partial charge in [0, 0.05) is 31.1 Å². The second-order valence-corrected chi connectivity index (χ2v) is 3.76. The topological polar surface area (TPSA) is 63.8 Å². The van der Waals surface area contributed by atoms with Crippen LogP contribution in [0.15, 0.2) is 48.8 Å². The van der Waals surface area contributed by atoms with E-state index in [1.165, 1.54) is 0 Å². The van der Waals surface area contributed by atoms with Crippen LogP contribution in [0.25, 0.3) is 0 Å². The number of nitrogens with two attached hydrogens (primary N) is 1. The van der Waals surface area contributed by atoms with Gasteiger partial charge < -0.3 is 5.73 Å². The van der Waals surface area contributed by atoms with Gasteiger partial charge in [-0.25, -0.2) is 0 Å². The van der Waals surface area contributed by atoms with Crippen molar-refractivity contribution in [3.63, 3.8) is 0 Å². The first-order valence-electron chi connectivity index (χ1n) is 5.66. The summed E-state index contributed by atoms with van der Waals surface area (Å²) in [4.78, 5) is 8.45. The van der Waals surface area contributed by atoms with Crippen LogP contribution in [0.2, 0.25) is 0 Å². The number of hydrogen-bond donors (Lipinski definition) is 2. The molecule has 0 radical (unpaired) electrons. The lowest BCUT2D eigenvalue weighted by Gasteiger charge is -2.12. The first-order chi connectivity index (χ1) is 8.36. The number of rotatable bonds is 5. The van der Waals surface area contributed by atoms with Crippen molar-refractivity contribution in [2.75, 3.05) is 6.54 Å². The average molecular weight is 228 g/mol. The van der Waals surface area contributed by atoms with Crippen LogP contribution < -0.4 is 11.1 Å². The van der Waals surface area contributed by atoms with Gasteiger partial charge in [0.1, 0.15) is 0 Å². The molecule has 0 aliphatic carbocycles. The van der Waals surface area contributed by atoms with E-state index in [0.717, 1.165) is 24.4 Å². The zero-order valence-corrected chi connectivity index (χ0v) is 9.58. The lowest BCUT2D eigenvalue weighted by Crippen LogP contribution is -2.31. The zero-order valence-electron chi connectivity index (χ0n) is 9.58. The van der Waals surface area contributed by atoms with E-state index in [2.05, 4.69) is 15.3 Å². The number of nitrogens with one attached hydrogen (secondary N) is 1. The fourth-order valence-corrected chi connectivity index (χ4v) is 1.57. The monoisotopic (exact) mass is 228 g/mol. The van der Waals surface area contributed by atoms with Gasteiger partial charge in [0.05, 0.1) is 11.9 Å². The van der Waals surface area contributed by atoms with E-state index in [1.807, 2.05) is 36.4 Å². The quantitative estimate of drug-likeness (QED) is 0.756. The van der Waals surface area contributed by atoms with Crippen molar-refractivity contribution in [2.24, 2.45) is 5.73 Å². The molecule has 4 heteroatoms. The third kappa shape index (κ3) is 3.62. The van der Waals surface area contributed by atoms with Gasteiger partial charge in [-0.1, -0.05) is 12.1 Å². The van der Waals surface area contributed by atoms with E-state index in [-0.39, 0.29) is 6.17 Å². The molecule has 0 bridgehead atoms. The molecule has 1 unspecified atom stereocenters. The summed E-state index contributed by atoms with van der Waals surface area (Å²) in [6, 6.07) is 11.6. The third-order valence-corrected chi connectivity index (χ3v) is 2.48. The Morgan fingerprint density at radius 3 is 2.47 bits per heavy atom. The number of hydrogen-bond acceptors (Lipinski definition) is 4. The molecule has 1 atom stereocenters. The molecule has 4 nitrogen and oxygen atoms in total. The summed E-state index contributed by atoms with van der Waals surface area (Å²) in [6.45, 7) is 0.786. The van der Waals surface area contributed by atoms with Crippen LogP contribution in [0.5, 0.6) is 0 Å². The van der Waals surface area contributed by atoms with Crippen molar-refractivity contribution < 1.29 is 0 Å². The van der Waals surface area contributed by atoms with E-state index < -0.39 is 0 Å². The predicted octanol–water partition coefficient (Wildman–Crippen LogP) is 1.27. The Kier molecular flexibility index (Phi) is 4.18. The Labute approximate surface area is 101 Å². The lowest BCUT2D eigenvalue weighted by molar-refractivity contribution is 0.540. The van der Waals surface area contributed by atoms with E-state index in [4.69, 9.17) is 5.73 Å². The van der Waals surface area contributed by atoms with Gasteiger partial charge in [-0.15, -0.1) is 0 Å². The van der Waals surface area contributed by atoms with Crippen LogP contribution in [-0.4, -0.2) is 16.5 Å². The predicted molar refractivity (Wildman–Crippen MR) is 67.1 cm³/mol. The molecule has 0 aromatic carbocycles. The highest BCUT2D eigenvalue weighted by molar-refractivity contribution is 5.08. The molecule has 0 aliphatic rings. The van der Waals surface area contributed by atoms with Gasteiger partial charge >= 0.3 is 0 Å². The van der Waals surface area contributed by atoms with Crippen molar-refractivity contribution in [1.82, 2.24) is 15.3 Å². The van der Waals surface area contributed by atoms with Crippen molar-refractivity contribution >= 4 is 0 Å². The van der Waals surface area contributed by atoms with Crippen LogP contribution in [0.3, 0.4) is 0 Å². The maximum atomic E-state index is 5.97. The Balaban J connectivity index is 1.79. The SMILES string of the molecule is NC(NCCc1ccccn1)c1ccccn1. The van der Waals surface area contributed by atoms with Gasteiger partial charge in [0.15, 0.2) is 0 Å². The van der Waals surface area contributed by atoms with Gasteiger partial charge in [-0.2, -0.15) is 0 Å². The van der Waals surface area contributed by atoms with Crippen molar-refractivity contribution in [1.29, 1.82) is 0 Å². The minimum absolute atomic E-state index is 0.222. The second-order valence-electron chi connectivity index (χ2n) is 3.76. The summed E-state index contributed by atoms with van der Waals surface area (Å²) in [5.41, 5.74) is 7.88. The van der Waals surface area contributed by atoms with E-state index in [1.54, 1.807) is 12.4 Å². The molecule has 0 fully saturated rings. The summed E-state index contributed by atoms with van der Waals surface area (Å²) >= 11 is 0. The van der Waals surface area contributed by atoms with Gasteiger partial charge in [-0.3, -0.25) is 15.3 Å². The maximum absolute atomic E-state index is 5.97. The van der Waals surface area contributed by atoms with Crippen LogP contribution in [-0.2, 0) is 6.42 Å². The molecule has 0 amide bonds. The molecular weight excluding hydrogens is 212 g/mol. The highest BCUT2D eigenvalue weighted by Crippen LogP contribution is 2.02. The Hall–Kier alpha value is -1.78. The summed E-state index contributed by atoms with van der Waals surface area (Å²) in [5.74, 6) is 0. The highest BCUT2D eigenvalue weighted by Gasteiger charge is 2.04. The van der Waals surface area contributed by atoms with E-state index in [0.29, 0.717) is 0 Å². The largest absolute Gasteiger partial charge is 0.311 e. The summed E-state index contributed by atoms with van der Waals surface area (Å²) in [7, 11) is 0. The summed E-state index contributed by atoms with van der Waals surface area (Å²) in [5, 5.41) is 3.22. The number of nitrogens with zero attached hydrogens (tertiary/aromatic N) is 2. The van der Waals surface area contributed by atoms with E-state index in [9.17, 15) is 0 Å². The van der Waals surface area contributed by atoms with Gasteiger partial charge in [-0.05, 0) is 24.3 Å². The van der Waals surface area contributed by atoms with Crippen LogP contribution >= 0.6 is 0 Å². The smallest absolute Gasteiger partial charge is 0.0985 e. The fourth-order valence-electron chi connectivity index (χ4n) is 1.57. The molecule has 0 aliphatic heterocycles. The molecule has 88 valence electrons. The normalized spacial score (nSPS) is 12.3. The average Bonchev–Trinajstić information content (AvgIpc) is 2.41. The molecule has 2 heterocycles. The third-order valence-electron chi connectivity index (χ3n) is 2.48. The Morgan fingerprint density at radius 2 is 1.82 bits per heavy atom. The molecule has 0 spiro atoms. The van der Waals surface area contributed by atoms with Crippen molar-refractivity contribution in [3.8, 4) is 0 Å². The number of pyridine rings is 2. The Morgan fingerprint density at radius 1 is 1.06 bits per heavy atom. The molecule has 2 rings (SSSR count). The Bertz CT molecular complexity index is 430. The first kappa shape index (κ1) is 11.7. The summed E-state index contributed by atoms with van der Waals surface area (Å²) in [6.07, 6.45) is 4.19. The molecule has 17 heavy (non-hydrogen) atoms. The van der Waals surface area contributed by atoms with Crippen molar-refractivity contribution in [3.05, 3.63) is 60.2 Å². The molecule has 2 aromatic heterocycles. The highest BCUT2D eigenvalue weighted by atomic mass is 15.0. The second kappa shape index (κ2) is 6.08.